The summed E-state index contributed by atoms with van der Waals surface area (Å²) in [6, 6.07) is 0. The molecule has 0 radical (unpaired) electrons. The minimum absolute atomic E-state index is 0.119. The van der Waals surface area contributed by atoms with Crippen molar-refractivity contribution in [1.29, 1.82) is 0 Å². The maximum absolute atomic E-state index is 12.3. The molecule has 178 valence electrons. The average Bonchev–Trinajstić information content (AvgIpc) is 2.76. The zero-order valence-corrected chi connectivity index (χ0v) is 20.1. The molecule has 0 saturated carbocycles. The van der Waals surface area contributed by atoms with E-state index in [1.165, 1.54) is 0 Å². The van der Waals surface area contributed by atoms with E-state index in [-0.39, 0.29) is 30.3 Å². The molecule has 0 saturated heterocycles. The second kappa shape index (κ2) is 18.9. The molecule has 0 spiro atoms. The summed E-state index contributed by atoms with van der Waals surface area (Å²) >= 11 is 5.79. The predicted molar refractivity (Wildman–Crippen MR) is 122 cm³/mol. The summed E-state index contributed by atoms with van der Waals surface area (Å²) in [5.74, 6) is -0.865. The van der Waals surface area contributed by atoms with Gasteiger partial charge in [0.05, 0.1) is 19.8 Å². The Morgan fingerprint density at radius 3 is 2.32 bits per heavy atom. The van der Waals surface area contributed by atoms with Gasteiger partial charge in [0, 0.05) is 18.7 Å². The van der Waals surface area contributed by atoms with Gasteiger partial charge in [0.25, 0.3) is 0 Å². The molecule has 1 unspecified atom stereocenters. The third kappa shape index (κ3) is 13.2. The van der Waals surface area contributed by atoms with Crippen LogP contribution in [0.15, 0.2) is 23.9 Å². The first-order valence-corrected chi connectivity index (χ1v) is 11.6. The fourth-order valence-corrected chi connectivity index (χ4v) is 3.01. The van der Waals surface area contributed by atoms with Crippen molar-refractivity contribution in [3.63, 3.8) is 0 Å². The van der Waals surface area contributed by atoms with Gasteiger partial charge in [0.2, 0.25) is 5.91 Å². The first-order valence-electron chi connectivity index (χ1n) is 11.1. The number of alkyl halides is 1. The number of hydrogen-bond donors (Lipinski definition) is 0. The molecule has 0 heterocycles. The summed E-state index contributed by atoms with van der Waals surface area (Å²) in [7, 11) is 0. The largest absolute Gasteiger partial charge is 0.466 e. The highest BCUT2D eigenvalue weighted by molar-refractivity contribution is 6.27. The Bertz CT molecular complexity index is 591. The Labute approximate surface area is 191 Å². The van der Waals surface area contributed by atoms with Crippen LogP contribution < -0.4 is 0 Å². The Morgan fingerprint density at radius 2 is 1.74 bits per heavy atom. The van der Waals surface area contributed by atoms with Gasteiger partial charge in [-0.1, -0.05) is 31.9 Å². The van der Waals surface area contributed by atoms with E-state index in [4.69, 9.17) is 25.8 Å². The highest BCUT2D eigenvalue weighted by atomic mass is 35.5. The topological polar surface area (TPSA) is 82.1 Å². The summed E-state index contributed by atoms with van der Waals surface area (Å²) in [5, 5.41) is 0. The number of halogens is 1. The fraction of sp³-hybridized carbons (Fsp3) is 0.696. The van der Waals surface area contributed by atoms with E-state index in [9.17, 15) is 14.4 Å². The second-order valence-corrected chi connectivity index (χ2v) is 7.04. The van der Waals surface area contributed by atoms with Gasteiger partial charge in [-0.25, -0.2) is 4.79 Å². The number of nitrogens with zero attached hydrogens (tertiary/aromatic N) is 1. The fourth-order valence-electron chi connectivity index (χ4n) is 2.87. The first kappa shape index (κ1) is 29.1. The lowest BCUT2D eigenvalue weighted by Gasteiger charge is -2.23. The molecular weight excluding hydrogens is 422 g/mol. The van der Waals surface area contributed by atoms with Crippen LogP contribution in [0.2, 0.25) is 0 Å². The molecule has 8 heteroatoms. The van der Waals surface area contributed by atoms with Crippen molar-refractivity contribution in [2.45, 2.75) is 72.3 Å². The summed E-state index contributed by atoms with van der Waals surface area (Å²) in [5.41, 5.74) is 0.711. The van der Waals surface area contributed by atoms with Crippen molar-refractivity contribution in [3.05, 3.63) is 23.9 Å². The maximum Gasteiger partial charge on any atom is 0.335 e. The number of esters is 2. The van der Waals surface area contributed by atoms with Crippen LogP contribution >= 0.6 is 11.6 Å². The summed E-state index contributed by atoms with van der Waals surface area (Å²) in [6.07, 6.45) is 8.82. The first-order chi connectivity index (χ1) is 14.9. The predicted octanol–water partition coefficient (Wildman–Crippen LogP) is 4.39. The average molecular weight is 460 g/mol. The number of carbonyl (C=O) groups excluding carboxylic acids is 3. The Balaban J connectivity index is 4.73. The van der Waals surface area contributed by atoms with Gasteiger partial charge in [0.1, 0.15) is 5.88 Å². The lowest BCUT2D eigenvalue weighted by Crippen LogP contribution is -2.31. The molecule has 0 aromatic carbocycles. The lowest BCUT2D eigenvalue weighted by molar-refractivity contribution is -0.156. The number of amides is 1. The quantitative estimate of drug-likeness (QED) is 0.139. The zero-order valence-electron chi connectivity index (χ0n) is 19.4. The molecule has 1 atom stereocenters. The number of ether oxygens (including phenoxy) is 3. The van der Waals surface area contributed by atoms with Crippen molar-refractivity contribution in [2.75, 3.05) is 32.2 Å². The van der Waals surface area contributed by atoms with Crippen molar-refractivity contribution in [1.82, 2.24) is 4.90 Å². The molecule has 0 aliphatic heterocycles. The van der Waals surface area contributed by atoms with E-state index >= 15 is 0 Å². The molecule has 0 aliphatic rings. The molecule has 0 aromatic heterocycles. The van der Waals surface area contributed by atoms with E-state index in [0.29, 0.717) is 44.7 Å². The Hall–Kier alpha value is -1.86. The van der Waals surface area contributed by atoms with Crippen LogP contribution in [-0.2, 0) is 28.6 Å². The molecule has 0 N–H and O–H groups in total. The number of unbranched alkanes of at least 4 members (excludes halogenated alkanes) is 2. The van der Waals surface area contributed by atoms with Crippen molar-refractivity contribution in [3.8, 4) is 0 Å². The number of hydrogen-bond acceptors (Lipinski definition) is 6. The van der Waals surface area contributed by atoms with Gasteiger partial charge in [-0.2, -0.15) is 0 Å². The summed E-state index contributed by atoms with van der Waals surface area (Å²) < 4.78 is 15.6. The zero-order chi connectivity index (χ0) is 23.5. The third-order valence-electron chi connectivity index (χ3n) is 4.37. The van der Waals surface area contributed by atoms with E-state index in [1.54, 1.807) is 30.9 Å². The standard InChI is InChI=1S/C23H38ClNO6/c1-5-13-20(23(28)30-8-4)31-17-12-14-19(6-2)25(21(26)18-24)16-11-9-10-15-22(27)29-7-3/h6,12,14,20H,5,7-11,13,15-18H2,1-4H3/b14-12-,19-6+. The highest BCUT2D eigenvalue weighted by Gasteiger charge is 2.19. The van der Waals surface area contributed by atoms with Crippen LogP contribution in [0.1, 0.15) is 66.2 Å². The normalized spacial score (nSPS) is 12.6. The molecule has 31 heavy (non-hydrogen) atoms. The number of rotatable bonds is 17. The minimum Gasteiger partial charge on any atom is -0.466 e. The van der Waals surface area contributed by atoms with E-state index in [0.717, 1.165) is 19.3 Å². The monoisotopic (exact) mass is 459 g/mol. The number of allylic oxidation sites excluding steroid dienone is 2. The van der Waals surface area contributed by atoms with Crippen molar-refractivity contribution in [2.24, 2.45) is 0 Å². The summed E-state index contributed by atoms with van der Waals surface area (Å²) in [4.78, 5) is 37.3. The van der Waals surface area contributed by atoms with Gasteiger partial charge in [-0.05, 0) is 46.1 Å². The van der Waals surface area contributed by atoms with Crippen LogP contribution in [0.5, 0.6) is 0 Å². The minimum atomic E-state index is -0.594. The molecule has 0 aliphatic carbocycles. The van der Waals surface area contributed by atoms with Crippen molar-refractivity contribution < 1.29 is 28.6 Å². The lowest BCUT2D eigenvalue weighted by atomic mass is 10.1. The van der Waals surface area contributed by atoms with Crippen LogP contribution in [0.4, 0.5) is 0 Å². The second-order valence-electron chi connectivity index (χ2n) is 6.77. The van der Waals surface area contributed by atoms with Gasteiger partial charge in [-0.15, -0.1) is 11.6 Å². The third-order valence-corrected chi connectivity index (χ3v) is 4.60. The van der Waals surface area contributed by atoms with Crippen LogP contribution in [-0.4, -0.2) is 61.1 Å². The molecule has 0 aromatic rings. The molecular formula is C23H38ClNO6. The Kier molecular flexibility index (Phi) is 17.7. The van der Waals surface area contributed by atoms with Gasteiger partial charge in [-0.3, -0.25) is 9.59 Å². The SMILES string of the molecule is C/C=C(\C=C/COC(CCC)C(=O)OCC)N(CCCCCC(=O)OCC)C(=O)CCl. The van der Waals surface area contributed by atoms with E-state index in [1.807, 2.05) is 19.9 Å². The van der Waals surface area contributed by atoms with Crippen LogP contribution in [0, 0.1) is 0 Å². The Morgan fingerprint density at radius 1 is 1.03 bits per heavy atom. The molecule has 7 nitrogen and oxygen atoms in total. The molecule has 0 fully saturated rings. The van der Waals surface area contributed by atoms with Gasteiger partial charge >= 0.3 is 11.9 Å². The van der Waals surface area contributed by atoms with Gasteiger partial charge < -0.3 is 19.1 Å². The highest BCUT2D eigenvalue weighted by Crippen LogP contribution is 2.12. The smallest absolute Gasteiger partial charge is 0.335 e. The van der Waals surface area contributed by atoms with Crippen molar-refractivity contribution >= 4 is 29.4 Å². The molecule has 1 amide bonds. The maximum atomic E-state index is 12.3. The van der Waals surface area contributed by atoms with E-state index < -0.39 is 6.10 Å². The molecule has 0 rings (SSSR count). The number of carbonyl (C=O) groups is 3. The van der Waals surface area contributed by atoms with Crippen LogP contribution in [0.25, 0.3) is 0 Å². The summed E-state index contributed by atoms with van der Waals surface area (Å²) in [6.45, 7) is 8.79. The van der Waals surface area contributed by atoms with E-state index in [2.05, 4.69) is 0 Å². The molecule has 0 bridgehead atoms. The van der Waals surface area contributed by atoms with Crippen LogP contribution in [0.3, 0.4) is 0 Å². The van der Waals surface area contributed by atoms with Gasteiger partial charge in [0.15, 0.2) is 6.10 Å².